The summed E-state index contributed by atoms with van der Waals surface area (Å²) in [4.78, 5) is 16.1. The van der Waals surface area contributed by atoms with Gasteiger partial charge in [-0.15, -0.1) is 0 Å². The van der Waals surface area contributed by atoms with E-state index < -0.39 is 0 Å². The van der Waals surface area contributed by atoms with Gasteiger partial charge < -0.3 is 14.8 Å². The van der Waals surface area contributed by atoms with E-state index in [1.54, 1.807) is 49.8 Å². The number of aromatic nitrogens is 1. The van der Waals surface area contributed by atoms with Gasteiger partial charge >= 0.3 is 0 Å². The van der Waals surface area contributed by atoms with Gasteiger partial charge in [-0.05, 0) is 48.0 Å². The van der Waals surface area contributed by atoms with E-state index in [2.05, 4.69) is 16.4 Å². The molecule has 1 N–H and O–H groups in total. The predicted molar refractivity (Wildman–Crippen MR) is 101 cm³/mol. The van der Waals surface area contributed by atoms with E-state index in [-0.39, 0.29) is 5.91 Å². The molecule has 0 atom stereocenters. The maximum atomic E-state index is 12.2. The number of benzene rings is 2. The standard InChI is InChI=1S/C21H17N3O3/c1-26-19-5-2-15(3-6-19)14-27-20-7-4-18(12-17(20)13-22)24-21(25)16-8-10-23-11-9-16/h2-12H,14H2,1H3,(H,24,25). The van der Waals surface area contributed by atoms with E-state index >= 15 is 0 Å². The number of amides is 1. The Hall–Kier alpha value is -3.85. The van der Waals surface area contributed by atoms with E-state index in [9.17, 15) is 10.1 Å². The number of carbonyl (C=O) groups excluding carboxylic acids is 1. The van der Waals surface area contributed by atoms with Gasteiger partial charge in [0.25, 0.3) is 5.91 Å². The van der Waals surface area contributed by atoms with Crippen LogP contribution in [-0.2, 0) is 6.61 Å². The van der Waals surface area contributed by atoms with Crippen LogP contribution in [0.5, 0.6) is 11.5 Å². The molecule has 1 aromatic heterocycles. The zero-order valence-corrected chi connectivity index (χ0v) is 14.7. The summed E-state index contributed by atoms with van der Waals surface area (Å²) in [6.07, 6.45) is 3.09. The fourth-order valence-corrected chi connectivity index (χ4v) is 2.41. The summed E-state index contributed by atoms with van der Waals surface area (Å²) in [7, 11) is 1.61. The molecule has 0 radical (unpaired) electrons. The molecule has 0 unspecified atom stereocenters. The third-order valence-electron chi connectivity index (χ3n) is 3.85. The normalized spacial score (nSPS) is 9.93. The summed E-state index contributed by atoms with van der Waals surface area (Å²) in [5, 5.41) is 12.2. The number of hydrogen-bond donors (Lipinski definition) is 1. The van der Waals surface area contributed by atoms with Gasteiger partial charge in [0.15, 0.2) is 0 Å². The highest BCUT2D eigenvalue weighted by Gasteiger charge is 2.09. The quantitative estimate of drug-likeness (QED) is 0.724. The zero-order valence-electron chi connectivity index (χ0n) is 14.7. The van der Waals surface area contributed by atoms with Crippen molar-refractivity contribution in [2.24, 2.45) is 0 Å². The molecule has 0 aliphatic heterocycles. The molecule has 0 bridgehead atoms. The van der Waals surface area contributed by atoms with Crippen molar-refractivity contribution in [3.8, 4) is 17.6 Å². The van der Waals surface area contributed by atoms with Gasteiger partial charge in [-0.1, -0.05) is 12.1 Å². The van der Waals surface area contributed by atoms with Crippen LogP contribution in [0.25, 0.3) is 0 Å². The fraction of sp³-hybridized carbons (Fsp3) is 0.0952. The Balaban J connectivity index is 1.68. The molecule has 0 fully saturated rings. The lowest BCUT2D eigenvalue weighted by Crippen LogP contribution is -2.12. The van der Waals surface area contributed by atoms with Crippen molar-refractivity contribution in [3.05, 3.63) is 83.7 Å². The molecule has 2 aromatic carbocycles. The topological polar surface area (TPSA) is 84.2 Å². The van der Waals surface area contributed by atoms with E-state index in [1.807, 2.05) is 24.3 Å². The zero-order chi connectivity index (χ0) is 19.1. The molecule has 1 heterocycles. The molecule has 0 spiro atoms. The molecule has 1 amide bonds. The monoisotopic (exact) mass is 359 g/mol. The number of nitriles is 1. The van der Waals surface area contributed by atoms with Crippen LogP contribution in [0, 0.1) is 11.3 Å². The molecule has 6 nitrogen and oxygen atoms in total. The van der Waals surface area contributed by atoms with Crippen molar-refractivity contribution in [1.29, 1.82) is 5.26 Å². The van der Waals surface area contributed by atoms with Crippen LogP contribution in [0.15, 0.2) is 67.0 Å². The second-order valence-corrected chi connectivity index (χ2v) is 5.65. The lowest BCUT2D eigenvalue weighted by Gasteiger charge is -2.11. The molecule has 6 heteroatoms. The molecule has 27 heavy (non-hydrogen) atoms. The summed E-state index contributed by atoms with van der Waals surface area (Å²) < 4.78 is 10.9. The number of methoxy groups -OCH3 is 1. The number of nitrogens with zero attached hydrogens (tertiary/aromatic N) is 2. The number of ether oxygens (including phenoxy) is 2. The lowest BCUT2D eigenvalue weighted by atomic mass is 10.1. The highest BCUT2D eigenvalue weighted by atomic mass is 16.5. The number of carbonyl (C=O) groups is 1. The molecular weight excluding hydrogens is 342 g/mol. The first-order chi connectivity index (χ1) is 13.2. The van der Waals surface area contributed by atoms with Crippen LogP contribution in [0.1, 0.15) is 21.5 Å². The molecular formula is C21H17N3O3. The van der Waals surface area contributed by atoms with Gasteiger partial charge in [0, 0.05) is 23.6 Å². The Morgan fingerprint density at radius 3 is 2.52 bits per heavy atom. The smallest absolute Gasteiger partial charge is 0.255 e. The first kappa shape index (κ1) is 18.0. The highest BCUT2D eigenvalue weighted by Crippen LogP contribution is 2.24. The largest absolute Gasteiger partial charge is 0.497 e. The third-order valence-corrected chi connectivity index (χ3v) is 3.85. The number of anilines is 1. The minimum absolute atomic E-state index is 0.270. The molecule has 3 aromatic rings. The summed E-state index contributed by atoms with van der Waals surface area (Å²) in [5.74, 6) is 0.953. The van der Waals surface area contributed by atoms with Gasteiger partial charge in [-0.25, -0.2) is 0 Å². The number of nitrogens with one attached hydrogen (secondary N) is 1. The van der Waals surface area contributed by atoms with Crippen LogP contribution in [0.2, 0.25) is 0 Å². The van der Waals surface area contributed by atoms with Crippen LogP contribution in [0.3, 0.4) is 0 Å². The first-order valence-electron chi connectivity index (χ1n) is 8.21. The van der Waals surface area contributed by atoms with Crippen molar-refractivity contribution in [3.63, 3.8) is 0 Å². The number of rotatable bonds is 6. The summed E-state index contributed by atoms with van der Waals surface area (Å²) in [6, 6.07) is 17.8. The van der Waals surface area contributed by atoms with Gasteiger partial charge in [0.05, 0.1) is 12.7 Å². The maximum Gasteiger partial charge on any atom is 0.255 e. The molecule has 3 rings (SSSR count). The second-order valence-electron chi connectivity index (χ2n) is 5.65. The SMILES string of the molecule is COc1ccc(COc2ccc(NC(=O)c3ccncc3)cc2C#N)cc1. The molecule has 0 aliphatic carbocycles. The average Bonchev–Trinajstić information content (AvgIpc) is 2.73. The van der Waals surface area contributed by atoms with Gasteiger partial charge in [0.2, 0.25) is 0 Å². The molecule has 0 saturated heterocycles. The molecule has 0 saturated carbocycles. The summed E-state index contributed by atoms with van der Waals surface area (Å²) in [6.45, 7) is 0.321. The van der Waals surface area contributed by atoms with Gasteiger partial charge in [-0.2, -0.15) is 5.26 Å². The molecule has 0 aliphatic rings. The van der Waals surface area contributed by atoms with E-state index in [4.69, 9.17) is 9.47 Å². The molecule has 134 valence electrons. The van der Waals surface area contributed by atoms with Crippen LogP contribution in [0.4, 0.5) is 5.69 Å². The third kappa shape index (κ3) is 4.61. The first-order valence-corrected chi connectivity index (χ1v) is 8.21. The Labute approximate surface area is 157 Å². The van der Waals surface area contributed by atoms with Crippen LogP contribution >= 0.6 is 0 Å². The maximum absolute atomic E-state index is 12.2. The predicted octanol–water partition coefficient (Wildman–Crippen LogP) is 3.79. The Morgan fingerprint density at radius 1 is 1.11 bits per heavy atom. The number of hydrogen-bond acceptors (Lipinski definition) is 5. The van der Waals surface area contributed by atoms with Crippen LogP contribution < -0.4 is 14.8 Å². The summed E-state index contributed by atoms with van der Waals surface area (Å²) in [5.41, 5.74) is 2.30. The van der Waals surface area contributed by atoms with Crippen molar-refractivity contribution in [1.82, 2.24) is 4.98 Å². The minimum Gasteiger partial charge on any atom is -0.497 e. The second kappa shape index (κ2) is 8.50. The van der Waals surface area contributed by atoms with Gasteiger partial charge in [-0.3, -0.25) is 9.78 Å². The summed E-state index contributed by atoms with van der Waals surface area (Å²) >= 11 is 0. The average molecular weight is 359 g/mol. The van der Waals surface area contributed by atoms with Crippen molar-refractivity contribution in [2.45, 2.75) is 6.61 Å². The van der Waals surface area contributed by atoms with E-state index in [1.165, 1.54) is 0 Å². The fourth-order valence-electron chi connectivity index (χ4n) is 2.41. The van der Waals surface area contributed by atoms with E-state index in [0.717, 1.165) is 11.3 Å². The lowest BCUT2D eigenvalue weighted by molar-refractivity contribution is 0.102. The Morgan fingerprint density at radius 2 is 1.85 bits per heavy atom. The van der Waals surface area contributed by atoms with Crippen molar-refractivity contribution < 1.29 is 14.3 Å². The van der Waals surface area contributed by atoms with Gasteiger partial charge in [0.1, 0.15) is 24.2 Å². The highest BCUT2D eigenvalue weighted by molar-refractivity contribution is 6.04. The minimum atomic E-state index is -0.270. The Kier molecular flexibility index (Phi) is 5.65. The number of pyridine rings is 1. The van der Waals surface area contributed by atoms with E-state index in [0.29, 0.717) is 29.2 Å². The van der Waals surface area contributed by atoms with Crippen LogP contribution in [-0.4, -0.2) is 18.0 Å². The Bertz CT molecular complexity index is 964. The van der Waals surface area contributed by atoms with Crippen molar-refractivity contribution in [2.75, 3.05) is 12.4 Å². The van der Waals surface area contributed by atoms with Crippen molar-refractivity contribution >= 4 is 11.6 Å².